The molecule has 0 amide bonds. The van der Waals surface area contributed by atoms with Crippen molar-refractivity contribution in [2.45, 2.75) is 0 Å². The smallest absolute Gasteiger partial charge is 0.197 e. The van der Waals surface area contributed by atoms with Crippen LogP contribution in [0.15, 0.2) is 113 Å². The molecule has 0 bridgehead atoms. The van der Waals surface area contributed by atoms with Crippen LogP contribution in [-0.2, 0) is 21.1 Å². The predicted molar refractivity (Wildman–Crippen MR) is 115 cm³/mol. The Morgan fingerprint density at radius 2 is 1.00 bits per heavy atom. The van der Waals surface area contributed by atoms with Crippen LogP contribution in [-0.4, -0.2) is 21.6 Å². The van der Waals surface area contributed by atoms with E-state index in [0.717, 1.165) is 0 Å². The molecule has 168 valence electrons. The molecule has 4 heterocycles. The molecule has 5 rings (SSSR count). The summed E-state index contributed by atoms with van der Waals surface area (Å²) in [6, 6.07) is 16.8. The predicted octanol–water partition coefficient (Wildman–Crippen LogP) is 5.81. The normalized spacial score (nSPS) is 12.0. The maximum Gasteiger partial charge on any atom is 0.197 e. The van der Waals surface area contributed by atoms with Crippen LogP contribution in [0.3, 0.4) is 0 Å². The quantitative estimate of drug-likeness (QED) is 0.231. The van der Waals surface area contributed by atoms with Crippen molar-refractivity contribution in [3.63, 3.8) is 0 Å². The summed E-state index contributed by atoms with van der Waals surface area (Å²) < 4.78 is 21.9. The van der Waals surface area contributed by atoms with Gasteiger partial charge in [-0.15, -0.1) is 0 Å². The molecule has 1 aromatic carbocycles. The minimum absolute atomic E-state index is 0. The number of aliphatic imine (C=N–C) groups is 2. The third-order valence-electron chi connectivity index (χ3n) is 4.57. The molecule has 2 N–H and O–H groups in total. The first-order chi connectivity index (χ1) is 15.7. The summed E-state index contributed by atoms with van der Waals surface area (Å²) in [5.41, 5.74) is 1.51. The average Bonchev–Trinajstić information content (AvgIpc) is 3.60. The van der Waals surface area contributed by atoms with Crippen LogP contribution < -0.4 is 0 Å². The number of para-hydroxylation sites is 2. The van der Waals surface area contributed by atoms with Gasteiger partial charge in [0.25, 0.3) is 0 Å². The number of nitrogens with zero attached hydrogens (tertiary/aromatic N) is 2. The van der Waals surface area contributed by atoms with Gasteiger partial charge in [-0.05, 0) is 36.4 Å². The molecule has 0 aliphatic heterocycles. The van der Waals surface area contributed by atoms with Gasteiger partial charge in [0.05, 0.1) is 36.4 Å². The minimum atomic E-state index is -0.0714. The molecule has 0 saturated carbocycles. The Kier molecular flexibility index (Phi) is 6.47. The van der Waals surface area contributed by atoms with Crippen molar-refractivity contribution < 1.29 is 48.9 Å². The number of benzene rings is 1. The van der Waals surface area contributed by atoms with Gasteiger partial charge in [-0.1, -0.05) is 12.1 Å². The molecule has 5 aromatic rings. The SMILES string of the molecule is Oc1ccoc1C(=Nc1ccccc1N=C(c1ccco1)c1occc1O)c1ccco1.[Pt]. The van der Waals surface area contributed by atoms with Gasteiger partial charge in [0, 0.05) is 33.2 Å². The van der Waals surface area contributed by atoms with Crippen LogP contribution in [0.4, 0.5) is 11.4 Å². The van der Waals surface area contributed by atoms with Gasteiger partial charge in [0.2, 0.25) is 0 Å². The van der Waals surface area contributed by atoms with E-state index in [0.29, 0.717) is 34.3 Å². The summed E-state index contributed by atoms with van der Waals surface area (Å²) >= 11 is 0. The van der Waals surface area contributed by atoms with E-state index in [1.54, 1.807) is 48.5 Å². The van der Waals surface area contributed by atoms with Crippen molar-refractivity contribution in [1.82, 2.24) is 0 Å². The molecule has 8 nitrogen and oxygen atoms in total. The zero-order valence-electron chi connectivity index (χ0n) is 16.8. The molecule has 0 saturated heterocycles. The Morgan fingerprint density at radius 3 is 1.33 bits per heavy atom. The van der Waals surface area contributed by atoms with Crippen molar-refractivity contribution in [2.24, 2.45) is 9.98 Å². The molecule has 0 radical (unpaired) electrons. The first kappa shape index (κ1) is 22.2. The zero-order chi connectivity index (χ0) is 21.9. The molecule has 0 spiro atoms. The maximum absolute atomic E-state index is 10.2. The standard InChI is InChI=1S/C24H16N2O6.Pt/c27-17-9-13-31-23(17)21(19-7-3-11-29-19)25-15-5-1-2-6-16(15)26-22(20-8-4-12-30-20)24-18(28)10-14-32-24;/h1-14,27-28H;. The van der Waals surface area contributed by atoms with Crippen molar-refractivity contribution in [3.8, 4) is 11.5 Å². The molecule has 0 unspecified atom stereocenters. The Bertz CT molecular complexity index is 1290. The Labute approximate surface area is 201 Å². The van der Waals surface area contributed by atoms with E-state index in [2.05, 4.69) is 9.98 Å². The summed E-state index contributed by atoms with van der Waals surface area (Å²) in [6.07, 6.45) is 5.73. The molecule has 0 aliphatic rings. The summed E-state index contributed by atoms with van der Waals surface area (Å²) in [6.45, 7) is 0. The number of rotatable bonds is 6. The number of hydrogen-bond donors (Lipinski definition) is 2. The van der Waals surface area contributed by atoms with Crippen LogP contribution in [0, 0.1) is 0 Å². The maximum atomic E-state index is 10.2. The topological polar surface area (TPSA) is 118 Å². The molecular weight excluding hydrogens is 607 g/mol. The van der Waals surface area contributed by atoms with Gasteiger partial charge in [-0.25, -0.2) is 9.98 Å². The van der Waals surface area contributed by atoms with Crippen LogP contribution >= 0.6 is 0 Å². The van der Waals surface area contributed by atoms with Crippen LogP contribution in [0.25, 0.3) is 0 Å². The van der Waals surface area contributed by atoms with Gasteiger partial charge < -0.3 is 27.9 Å². The molecule has 0 aliphatic carbocycles. The number of hydrogen-bond acceptors (Lipinski definition) is 8. The Balaban J connectivity index is 0.00000259. The molecule has 0 atom stereocenters. The monoisotopic (exact) mass is 623 g/mol. The first-order valence-electron chi connectivity index (χ1n) is 9.58. The van der Waals surface area contributed by atoms with Crippen molar-refractivity contribution in [1.29, 1.82) is 0 Å². The minimum Gasteiger partial charge on any atom is -0.504 e. The number of aromatic hydroxyl groups is 2. The van der Waals surface area contributed by atoms with E-state index >= 15 is 0 Å². The summed E-state index contributed by atoms with van der Waals surface area (Å²) in [7, 11) is 0. The van der Waals surface area contributed by atoms with Gasteiger partial charge >= 0.3 is 0 Å². The third-order valence-corrected chi connectivity index (χ3v) is 4.57. The van der Waals surface area contributed by atoms with Crippen molar-refractivity contribution in [2.75, 3.05) is 0 Å². The van der Waals surface area contributed by atoms with Crippen molar-refractivity contribution >= 4 is 22.8 Å². The fraction of sp³-hybridized carbons (Fsp3) is 0. The number of furan rings is 4. The Morgan fingerprint density at radius 1 is 0.545 bits per heavy atom. The van der Waals surface area contributed by atoms with E-state index < -0.39 is 0 Å². The van der Waals surface area contributed by atoms with E-state index in [1.807, 2.05) is 0 Å². The summed E-state index contributed by atoms with van der Waals surface area (Å²) in [4.78, 5) is 9.36. The first-order valence-corrected chi connectivity index (χ1v) is 9.58. The summed E-state index contributed by atoms with van der Waals surface area (Å²) in [5, 5.41) is 20.4. The van der Waals surface area contributed by atoms with Crippen molar-refractivity contribution in [3.05, 3.63) is 109 Å². The second-order valence-corrected chi connectivity index (χ2v) is 6.63. The molecule has 4 aromatic heterocycles. The van der Waals surface area contributed by atoms with Gasteiger partial charge in [0.15, 0.2) is 46.0 Å². The van der Waals surface area contributed by atoms with Gasteiger partial charge in [-0.3, -0.25) is 0 Å². The van der Waals surface area contributed by atoms with E-state index in [-0.39, 0.29) is 44.1 Å². The largest absolute Gasteiger partial charge is 0.504 e. The third kappa shape index (κ3) is 4.47. The van der Waals surface area contributed by atoms with Gasteiger partial charge in [-0.2, -0.15) is 0 Å². The zero-order valence-corrected chi connectivity index (χ0v) is 19.1. The molecule has 0 fully saturated rings. The van der Waals surface area contributed by atoms with E-state index in [1.165, 1.54) is 37.2 Å². The van der Waals surface area contributed by atoms with Crippen LogP contribution in [0.5, 0.6) is 11.5 Å². The molecular formula is C24H16N2O6Pt. The Hall–Kier alpha value is -4.03. The fourth-order valence-electron chi connectivity index (χ4n) is 3.12. The summed E-state index contributed by atoms with van der Waals surface area (Å²) in [5.74, 6) is 0.992. The van der Waals surface area contributed by atoms with E-state index in [4.69, 9.17) is 17.7 Å². The van der Waals surface area contributed by atoms with Gasteiger partial charge in [0.1, 0.15) is 0 Å². The van der Waals surface area contributed by atoms with Crippen LogP contribution in [0.1, 0.15) is 23.0 Å². The van der Waals surface area contributed by atoms with E-state index in [9.17, 15) is 10.2 Å². The molecule has 33 heavy (non-hydrogen) atoms. The second kappa shape index (κ2) is 9.63. The second-order valence-electron chi connectivity index (χ2n) is 6.63. The fourth-order valence-corrected chi connectivity index (χ4v) is 3.12. The molecule has 9 heteroatoms. The van der Waals surface area contributed by atoms with Crippen LogP contribution in [0.2, 0.25) is 0 Å². The average molecular weight is 623 g/mol.